The quantitative estimate of drug-likeness (QED) is 0.868. The summed E-state index contributed by atoms with van der Waals surface area (Å²) in [7, 11) is 1.64. The van der Waals surface area contributed by atoms with Crippen molar-refractivity contribution in [1.29, 1.82) is 0 Å². The molecule has 20 heavy (non-hydrogen) atoms. The van der Waals surface area contributed by atoms with E-state index in [1.165, 1.54) is 12.1 Å². The average Bonchev–Trinajstić information content (AvgIpc) is 2.47. The molecule has 0 heterocycles. The molecular formula is C16H18FNO2. The average molecular weight is 275 g/mol. The lowest BCUT2D eigenvalue weighted by Gasteiger charge is -2.14. The maximum absolute atomic E-state index is 13.2. The molecule has 0 spiro atoms. The smallest absolute Gasteiger partial charge is 0.145 e. The normalized spacial score (nSPS) is 10.2. The lowest BCUT2D eigenvalue weighted by atomic mass is 10.2. The molecule has 0 radical (unpaired) electrons. The van der Waals surface area contributed by atoms with Gasteiger partial charge in [0, 0.05) is 18.2 Å². The SMILES string of the molecule is CCOc1cc(F)ccc1NCc1ccccc1OC. The Bertz CT molecular complexity index is 572. The summed E-state index contributed by atoms with van der Waals surface area (Å²) >= 11 is 0. The molecule has 2 aromatic rings. The van der Waals surface area contributed by atoms with E-state index in [0.29, 0.717) is 18.9 Å². The molecule has 0 aliphatic carbocycles. The molecule has 0 unspecified atom stereocenters. The number of hydrogen-bond donors (Lipinski definition) is 1. The molecule has 2 aromatic carbocycles. The molecule has 0 aliphatic rings. The summed E-state index contributed by atoms with van der Waals surface area (Å²) < 4.78 is 24.0. The van der Waals surface area contributed by atoms with Crippen molar-refractivity contribution in [3.05, 3.63) is 53.8 Å². The Morgan fingerprint density at radius 1 is 1.10 bits per heavy atom. The van der Waals surface area contributed by atoms with Crippen LogP contribution in [0.15, 0.2) is 42.5 Å². The van der Waals surface area contributed by atoms with Crippen molar-refractivity contribution in [2.24, 2.45) is 0 Å². The van der Waals surface area contributed by atoms with Gasteiger partial charge in [-0.25, -0.2) is 4.39 Å². The van der Waals surface area contributed by atoms with Crippen LogP contribution in [0.3, 0.4) is 0 Å². The summed E-state index contributed by atoms with van der Waals surface area (Å²) in [6, 6.07) is 12.2. The zero-order chi connectivity index (χ0) is 14.4. The minimum absolute atomic E-state index is 0.309. The van der Waals surface area contributed by atoms with E-state index in [4.69, 9.17) is 9.47 Å². The van der Waals surface area contributed by atoms with Gasteiger partial charge in [0.25, 0.3) is 0 Å². The van der Waals surface area contributed by atoms with Gasteiger partial charge in [0.05, 0.1) is 19.4 Å². The molecule has 4 heteroatoms. The number of para-hydroxylation sites is 1. The largest absolute Gasteiger partial charge is 0.496 e. The number of rotatable bonds is 6. The second-order valence-corrected chi connectivity index (χ2v) is 4.24. The molecule has 2 rings (SSSR count). The second-order valence-electron chi connectivity index (χ2n) is 4.24. The number of benzene rings is 2. The van der Waals surface area contributed by atoms with Gasteiger partial charge in [-0.1, -0.05) is 18.2 Å². The van der Waals surface area contributed by atoms with E-state index in [0.717, 1.165) is 17.0 Å². The van der Waals surface area contributed by atoms with Crippen molar-refractivity contribution in [2.75, 3.05) is 19.0 Å². The minimum atomic E-state index is -0.309. The predicted octanol–water partition coefficient (Wildman–Crippen LogP) is 3.85. The first kappa shape index (κ1) is 14.2. The van der Waals surface area contributed by atoms with Gasteiger partial charge >= 0.3 is 0 Å². The summed E-state index contributed by atoms with van der Waals surface area (Å²) in [5.74, 6) is 1.03. The third-order valence-corrected chi connectivity index (χ3v) is 2.91. The van der Waals surface area contributed by atoms with Crippen molar-refractivity contribution in [3.63, 3.8) is 0 Å². The lowest BCUT2D eigenvalue weighted by Crippen LogP contribution is -2.04. The van der Waals surface area contributed by atoms with E-state index < -0.39 is 0 Å². The Morgan fingerprint density at radius 3 is 2.65 bits per heavy atom. The maximum Gasteiger partial charge on any atom is 0.145 e. The van der Waals surface area contributed by atoms with E-state index in [2.05, 4.69) is 5.32 Å². The van der Waals surface area contributed by atoms with Crippen LogP contribution in [0.5, 0.6) is 11.5 Å². The Kier molecular flexibility index (Phi) is 4.82. The molecule has 0 saturated heterocycles. The van der Waals surface area contributed by atoms with Crippen LogP contribution in [0.4, 0.5) is 10.1 Å². The van der Waals surface area contributed by atoms with E-state index in [-0.39, 0.29) is 5.82 Å². The Morgan fingerprint density at radius 2 is 1.90 bits per heavy atom. The highest BCUT2D eigenvalue weighted by molar-refractivity contribution is 5.57. The van der Waals surface area contributed by atoms with Gasteiger partial charge in [-0.05, 0) is 25.1 Å². The minimum Gasteiger partial charge on any atom is -0.496 e. The number of ether oxygens (including phenoxy) is 2. The first-order valence-corrected chi connectivity index (χ1v) is 6.52. The highest BCUT2D eigenvalue weighted by Crippen LogP contribution is 2.27. The first-order valence-electron chi connectivity index (χ1n) is 6.52. The molecule has 0 bridgehead atoms. The van der Waals surface area contributed by atoms with E-state index in [1.54, 1.807) is 13.2 Å². The number of methoxy groups -OCH3 is 1. The monoisotopic (exact) mass is 275 g/mol. The Balaban J connectivity index is 2.14. The molecule has 0 aromatic heterocycles. The van der Waals surface area contributed by atoms with Crippen LogP contribution in [0.2, 0.25) is 0 Å². The molecule has 0 aliphatic heterocycles. The fourth-order valence-electron chi connectivity index (χ4n) is 1.96. The van der Waals surface area contributed by atoms with Crippen LogP contribution in [-0.2, 0) is 6.54 Å². The Labute approximate surface area is 118 Å². The van der Waals surface area contributed by atoms with Gasteiger partial charge in [-0.15, -0.1) is 0 Å². The van der Waals surface area contributed by atoms with Crippen molar-refractivity contribution in [1.82, 2.24) is 0 Å². The number of hydrogen-bond acceptors (Lipinski definition) is 3. The number of nitrogens with one attached hydrogen (secondary N) is 1. The van der Waals surface area contributed by atoms with Crippen LogP contribution in [0.1, 0.15) is 12.5 Å². The van der Waals surface area contributed by atoms with Crippen molar-refractivity contribution in [3.8, 4) is 11.5 Å². The summed E-state index contributed by atoms with van der Waals surface area (Å²) in [6.45, 7) is 2.94. The van der Waals surface area contributed by atoms with Crippen molar-refractivity contribution >= 4 is 5.69 Å². The molecular weight excluding hydrogens is 257 g/mol. The molecule has 0 saturated carbocycles. The molecule has 0 amide bonds. The topological polar surface area (TPSA) is 30.5 Å². The molecule has 106 valence electrons. The van der Waals surface area contributed by atoms with Crippen molar-refractivity contribution < 1.29 is 13.9 Å². The van der Waals surface area contributed by atoms with Crippen LogP contribution >= 0.6 is 0 Å². The highest BCUT2D eigenvalue weighted by Gasteiger charge is 2.07. The third-order valence-electron chi connectivity index (χ3n) is 2.91. The first-order chi connectivity index (χ1) is 9.74. The van der Waals surface area contributed by atoms with E-state index >= 15 is 0 Å². The van der Waals surface area contributed by atoms with Crippen LogP contribution in [0.25, 0.3) is 0 Å². The second kappa shape index (κ2) is 6.80. The molecule has 1 N–H and O–H groups in total. The van der Waals surface area contributed by atoms with Gasteiger partial charge in [0.2, 0.25) is 0 Å². The summed E-state index contributed by atoms with van der Waals surface area (Å²) in [5.41, 5.74) is 1.79. The molecule has 3 nitrogen and oxygen atoms in total. The summed E-state index contributed by atoms with van der Waals surface area (Å²) in [4.78, 5) is 0. The number of halogens is 1. The fourth-order valence-corrected chi connectivity index (χ4v) is 1.96. The van der Waals surface area contributed by atoms with Crippen molar-refractivity contribution in [2.45, 2.75) is 13.5 Å². The van der Waals surface area contributed by atoms with E-state index in [1.807, 2.05) is 31.2 Å². The zero-order valence-electron chi connectivity index (χ0n) is 11.7. The van der Waals surface area contributed by atoms with Gasteiger partial charge in [-0.2, -0.15) is 0 Å². The highest BCUT2D eigenvalue weighted by atomic mass is 19.1. The summed E-state index contributed by atoms with van der Waals surface area (Å²) in [6.07, 6.45) is 0. The maximum atomic E-state index is 13.2. The van der Waals surface area contributed by atoms with Gasteiger partial charge in [0.15, 0.2) is 0 Å². The van der Waals surface area contributed by atoms with Gasteiger partial charge < -0.3 is 14.8 Å². The van der Waals surface area contributed by atoms with Crippen LogP contribution in [-0.4, -0.2) is 13.7 Å². The molecule has 0 fully saturated rings. The standard InChI is InChI=1S/C16H18FNO2/c1-3-20-16-10-13(17)8-9-14(16)18-11-12-6-4-5-7-15(12)19-2/h4-10,18H,3,11H2,1-2H3. The predicted molar refractivity (Wildman–Crippen MR) is 77.9 cm³/mol. The summed E-state index contributed by atoms with van der Waals surface area (Å²) in [5, 5.41) is 3.24. The van der Waals surface area contributed by atoms with Gasteiger partial charge in [0.1, 0.15) is 17.3 Å². The fraction of sp³-hybridized carbons (Fsp3) is 0.250. The van der Waals surface area contributed by atoms with Crippen LogP contribution in [0, 0.1) is 5.82 Å². The Hall–Kier alpha value is -2.23. The third kappa shape index (κ3) is 3.41. The molecule has 0 atom stereocenters. The lowest BCUT2D eigenvalue weighted by molar-refractivity contribution is 0.339. The number of anilines is 1. The zero-order valence-corrected chi connectivity index (χ0v) is 11.7. The van der Waals surface area contributed by atoms with E-state index in [9.17, 15) is 4.39 Å². The van der Waals surface area contributed by atoms with Crippen LogP contribution < -0.4 is 14.8 Å². The van der Waals surface area contributed by atoms with Gasteiger partial charge in [-0.3, -0.25) is 0 Å².